The predicted molar refractivity (Wildman–Crippen MR) is 99.5 cm³/mol. The lowest BCUT2D eigenvalue weighted by atomic mass is 9.86. The van der Waals surface area contributed by atoms with Crippen molar-refractivity contribution in [3.63, 3.8) is 0 Å². The highest BCUT2D eigenvalue weighted by atomic mass is 35.5. The third-order valence-corrected chi connectivity index (χ3v) is 5.05. The first-order chi connectivity index (χ1) is 10.1. The van der Waals surface area contributed by atoms with Crippen molar-refractivity contribution < 1.29 is 4.55 Å². The van der Waals surface area contributed by atoms with Crippen molar-refractivity contribution in [1.82, 2.24) is 0 Å². The number of hydrogen-bond acceptors (Lipinski definition) is 2. The van der Waals surface area contributed by atoms with Gasteiger partial charge in [-0.25, -0.2) is 0 Å². The van der Waals surface area contributed by atoms with Crippen LogP contribution in [0.15, 0.2) is 28.7 Å². The van der Waals surface area contributed by atoms with Crippen LogP contribution in [-0.4, -0.2) is 20.9 Å². The highest BCUT2D eigenvalue weighted by Gasteiger charge is 2.27. The largest absolute Gasteiger partial charge is 0.591 e. The Labute approximate surface area is 143 Å². The summed E-state index contributed by atoms with van der Waals surface area (Å²) < 4.78 is 16.5. The van der Waals surface area contributed by atoms with E-state index < -0.39 is 11.4 Å². The maximum atomic E-state index is 12.3. The van der Waals surface area contributed by atoms with E-state index in [0.717, 1.165) is 24.1 Å². The van der Waals surface area contributed by atoms with Crippen LogP contribution in [0.1, 0.15) is 65.5 Å². The molecular weight excluding hydrogens is 314 g/mol. The second kappa shape index (κ2) is 7.85. The van der Waals surface area contributed by atoms with Crippen LogP contribution >= 0.6 is 11.6 Å². The van der Waals surface area contributed by atoms with Gasteiger partial charge in [-0.2, -0.15) is 0 Å². The molecule has 0 radical (unpaired) electrons. The molecule has 0 saturated heterocycles. The van der Waals surface area contributed by atoms with Gasteiger partial charge in [0.05, 0.1) is 5.71 Å². The maximum Gasteiger partial charge on any atom is 0.144 e. The van der Waals surface area contributed by atoms with Gasteiger partial charge in [-0.3, -0.25) is 0 Å². The van der Waals surface area contributed by atoms with Gasteiger partial charge in [0.2, 0.25) is 0 Å². The van der Waals surface area contributed by atoms with Gasteiger partial charge in [-0.1, -0.05) is 49.4 Å². The van der Waals surface area contributed by atoms with Crippen molar-refractivity contribution in [2.75, 3.05) is 5.88 Å². The molecule has 0 amide bonds. The summed E-state index contributed by atoms with van der Waals surface area (Å²) in [5.74, 6) is 0.585. The molecular formula is C18H28ClNOS. The number of benzene rings is 1. The molecule has 0 fully saturated rings. The molecule has 0 aromatic heterocycles. The number of hydrogen-bond donors (Lipinski definition) is 0. The smallest absolute Gasteiger partial charge is 0.144 e. The Morgan fingerprint density at radius 3 is 2.05 bits per heavy atom. The lowest BCUT2D eigenvalue weighted by molar-refractivity contribution is 0.561. The summed E-state index contributed by atoms with van der Waals surface area (Å²) >= 11 is 4.56. The van der Waals surface area contributed by atoms with Crippen LogP contribution in [-0.2, 0) is 16.8 Å². The van der Waals surface area contributed by atoms with Gasteiger partial charge in [-0.05, 0) is 44.6 Å². The van der Waals surface area contributed by atoms with Crippen molar-refractivity contribution in [3.05, 3.63) is 35.4 Å². The summed E-state index contributed by atoms with van der Waals surface area (Å²) in [6.07, 6.45) is 1.59. The standard InChI is InChI=1S/C18H28ClNOS/c1-17(2,3)15-11-9-14(10-12-15)16(8-7-13-19)20-22(21)18(4,5)6/h9-12H,7-8,13H2,1-6H3/b20-16-. The minimum absolute atomic E-state index is 0.125. The first-order valence-electron chi connectivity index (χ1n) is 7.72. The van der Waals surface area contributed by atoms with Gasteiger partial charge in [-0.15, -0.1) is 11.6 Å². The van der Waals surface area contributed by atoms with Gasteiger partial charge in [0.25, 0.3) is 0 Å². The quantitative estimate of drug-likeness (QED) is 0.409. The van der Waals surface area contributed by atoms with Crippen LogP contribution in [0, 0.1) is 0 Å². The van der Waals surface area contributed by atoms with Crippen LogP contribution in [0.5, 0.6) is 0 Å². The molecule has 0 aliphatic rings. The summed E-state index contributed by atoms with van der Waals surface area (Å²) in [5.41, 5.74) is 3.33. The second-order valence-electron chi connectivity index (χ2n) is 7.52. The minimum Gasteiger partial charge on any atom is -0.591 e. The zero-order valence-electron chi connectivity index (χ0n) is 14.6. The van der Waals surface area contributed by atoms with E-state index in [0.29, 0.717) is 5.88 Å². The van der Waals surface area contributed by atoms with E-state index in [2.05, 4.69) is 49.4 Å². The Hall–Kier alpha value is -0.510. The fraction of sp³-hybridized carbons (Fsp3) is 0.611. The van der Waals surface area contributed by atoms with Crippen molar-refractivity contribution >= 4 is 28.7 Å². The van der Waals surface area contributed by atoms with Crippen molar-refractivity contribution in [1.29, 1.82) is 0 Å². The molecule has 0 heterocycles. The van der Waals surface area contributed by atoms with Crippen LogP contribution in [0.4, 0.5) is 0 Å². The monoisotopic (exact) mass is 341 g/mol. The van der Waals surface area contributed by atoms with Gasteiger partial charge in [0.1, 0.15) is 16.1 Å². The molecule has 4 heteroatoms. The summed E-state index contributed by atoms with van der Waals surface area (Å²) in [7, 11) is 0. The molecule has 22 heavy (non-hydrogen) atoms. The highest BCUT2D eigenvalue weighted by molar-refractivity contribution is 7.91. The number of rotatable bonds is 5. The predicted octanol–water partition coefficient (Wildman–Crippen LogP) is 5.25. The average molecular weight is 342 g/mol. The number of halogens is 1. The highest BCUT2D eigenvalue weighted by Crippen LogP contribution is 2.24. The molecule has 0 N–H and O–H groups in total. The lowest BCUT2D eigenvalue weighted by Crippen LogP contribution is -2.27. The summed E-state index contributed by atoms with van der Waals surface area (Å²) in [5, 5.41) is 0. The Bertz CT molecular complexity index is 497. The van der Waals surface area contributed by atoms with Crippen molar-refractivity contribution in [3.8, 4) is 0 Å². The van der Waals surface area contributed by atoms with E-state index in [1.165, 1.54) is 5.56 Å². The Balaban J connectivity index is 3.09. The topological polar surface area (TPSA) is 35.4 Å². The molecule has 1 aromatic rings. The van der Waals surface area contributed by atoms with E-state index in [-0.39, 0.29) is 10.2 Å². The third-order valence-electron chi connectivity index (χ3n) is 3.35. The fourth-order valence-electron chi connectivity index (χ4n) is 1.88. The Morgan fingerprint density at radius 2 is 1.64 bits per heavy atom. The van der Waals surface area contributed by atoms with Crippen LogP contribution in [0.25, 0.3) is 0 Å². The second-order valence-corrected chi connectivity index (χ2v) is 9.80. The molecule has 0 aliphatic heterocycles. The van der Waals surface area contributed by atoms with E-state index in [1.54, 1.807) is 0 Å². The van der Waals surface area contributed by atoms with Gasteiger partial charge < -0.3 is 4.55 Å². The molecule has 1 unspecified atom stereocenters. The average Bonchev–Trinajstić information content (AvgIpc) is 2.41. The van der Waals surface area contributed by atoms with Crippen LogP contribution in [0.2, 0.25) is 0 Å². The molecule has 0 spiro atoms. The molecule has 0 bridgehead atoms. The first kappa shape index (κ1) is 19.5. The van der Waals surface area contributed by atoms with E-state index in [1.807, 2.05) is 20.8 Å². The molecule has 1 atom stereocenters. The minimum atomic E-state index is -1.25. The summed E-state index contributed by atoms with van der Waals surface area (Å²) in [4.78, 5) is 0. The molecule has 0 aliphatic carbocycles. The Morgan fingerprint density at radius 1 is 1.09 bits per heavy atom. The van der Waals surface area contributed by atoms with E-state index in [9.17, 15) is 4.55 Å². The zero-order chi connectivity index (χ0) is 17.0. The number of alkyl halides is 1. The summed E-state index contributed by atoms with van der Waals surface area (Å²) in [6, 6.07) is 8.41. The van der Waals surface area contributed by atoms with E-state index in [4.69, 9.17) is 11.6 Å². The van der Waals surface area contributed by atoms with Gasteiger partial charge >= 0.3 is 0 Å². The normalized spacial score (nSPS) is 15.0. The first-order valence-corrected chi connectivity index (χ1v) is 9.36. The van der Waals surface area contributed by atoms with Gasteiger partial charge in [0.15, 0.2) is 0 Å². The maximum absolute atomic E-state index is 12.3. The molecule has 1 rings (SSSR count). The Kier molecular flexibility index (Phi) is 6.97. The summed E-state index contributed by atoms with van der Waals surface area (Å²) in [6.45, 7) is 12.4. The SMILES string of the molecule is CC(C)(C)c1ccc(/C(CCCCl)=N\[S+]([O-])C(C)(C)C)cc1. The number of nitrogens with zero attached hydrogens (tertiary/aromatic N) is 1. The molecule has 0 saturated carbocycles. The zero-order valence-corrected chi connectivity index (χ0v) is 16.1. The molecule has 124 valence electrons. The fourth-order valence-corrected chi connectivity index (χ4v) is 2.68. The molecule has 1 aromatic carbocycles. The van der Waals surface area contributed by atoms with Gasteiger partial charge in [0, 0.05) is 11.4 Å². The van der Waals surface area contributed by atoms with E-state index >= 15 is 0 Å². The molecule has 2 nitrogen and oxygen atoms in total. The van der Waals surface area contributed by atoms with Crippen LogP contribution < -0.4 is 0 Å². The van der Waals surface area contributed by atoms with Crippen molar-refractivity contribution in [2.45, 2.75) is 64.5 Å². The third kappa shape index (κ3) is 5.94. The lowest BCUT2D eigenvalue weighted by Gasteiger charge is -2.21. The van der Waals surface area contributed by atoms with Crippen molar-refractivity contribution in [2.24, 2.45) is 4.40 Å². The van der Waals surface area contributed by atoms with Crippen LogP contribution in [0.3, 0.4) is 0 Å².